The minimum absolute atomic E-state index is 0.130. The number of anilines is 1. The molecule has 0 saturated carbocycles. The molecule has 1 fully saturated rings. The van der Waals surface area contributed by atoms with Gasteiger partial charge in [0, 0.05) is 16.9 Å². The minimum Gasteiger partial charge on any atom is -0.349 e. The first-order chi connectivity index (χ1) is 7.57. The molecular formula is C12H20N4. The van der Waals surface area contributed by atoms with Crippen molar-refractivity contribution in [2.24, 2.45) is 0 Å². The van der Waals surface area contributed by atoms with Gasteiger partial charge in [0.2, 0.25) is 5.95 Å². The summed E-state index contributed by atoms with van der Waals surface area (Å²) in [6.07, 6.45) is 2.23. The van der Waals surface area contributed by atoms with Gasteiger partial charge < -0.3 is 10.6 Å². The molecule has 0 amide bonds. The second-order valence-electron chi connectivity index (χ2n) is 4.91. The lowest BCUT2D eigenvalue weighted by Crippen LogP contribution is -2.45. The molecule has 1 aromatic heterocycles. The fraction of sp³-hybridized carbons (Fsp3) is 0.667. The van der Waals surface area contributed by atoms with Crippen molar-refractivity contribution in [2.75, 3.05) is 18.4 Å². The van der Waals surface area contributed by atoms with Crippen molar-refractivity contribution in [3.63, 3.8) is 0 Å². The summed E-state index contributed by atoms with van der Waals surface area (Å²) in [5.74, 6) is 0.766. The number of hydrogen-bond acceptors (Lipinski definition) is 4. The molecule has 1 saturated heterocycles. The monoisotopic (exact) mass is 220 g/mol. The fourth-order valence-corrected chi connectivity index (χ4v) is 2.16. The zero-order valence-electron chi connectivity index (χ0n) is 10.3. The van der Waals surface area contributed by atoms with Gasteiger partial charge in [-0.15, -0.1) is 0 Å². The zero-order chi connectivity index (χ0) is 11.6. The average molecular weight is 220 g/mol. The SMILES string of the molecule is Cc1cc(C)nc(NC2(C)CCNCC2)n1. The van der Waals surface area contributed by atoms with Crippen LogP contribution in [0.2, 0.25) is 0 Å². The van der Waals surface area contributed by atoms with Crippen LogP contribution in [0.1, 0.15) is 31.2 Å². The Morgan fingerprint density at radius 1 is 1.19 bits per heavy atom. The molecule has 0 radical (unpaired) electrons. The lowest BCUT2D eigenvalue weighted by Gasteiger charge is -2.35. The minimum atomic E-state index is 0.130. The molecule has 1 aliphatic heterocycles. The molecule has 4 heteroatoms. The van der Waals surface area contributed by atoms with Crippen molar-refractivity contribution >= 4 is 5.95 Å². The van der Waals surface area contributed by atoms with Crippen LogP contribution in [0, 0.1) is 13.8 Å². The highest BCUT2D eigenvalue weighted by atomic mass is 15.2. The molecule has 1 aliphatic rings. The van der Waals surface area contributed by atoms with Crippen molar-refractivity contribution in [1.29, 1.82) is 0 Å². The first kappa shape index (κ1) is 11.3. The van der Waals surface area contributed by atoms with E-state index in [4.69, 9.17) is 0 Å². The van der Waals surface area contributed by atoms with Crippen LogP contribution >= 0.6 is 0 Å². The van der Waals surface area contributed by atoms with Gasteiger partial charge in [-0.3, -0.25) is 0 Å². The molecule has 0 spiro atoms. The van der Waals surface area contributed by atoms with E-state index in [9.17, 15) is 0 Å². The van der Waals surface area contributed by atoms with Gasteiger partial charge in [0.25, 0.3) is 0 Å². The maximum atomic E-state index is 4.43. The molecule has 4 nitrogen and oxygen atoms in total. The summed E-state index contributed by atoms with van der Waals surface area (Å²) < 4.78 is 0. The summed E-state index contributed by atoms with van der Waals surface area (Å²) in [5.41, 5.74) is 2.17. The molecule has 0 atom stereocenters. The van der Waals surface area contributed by atoms with Crippen LogP contribution in [0.25, 0.3) is 0 Å². The van der Waals surface area contributed by atoms with Crippen molar-refractivity contribution in [3.8, 4) is 0 Å². The van der Waals surface area contributed by atoms with Gasteiger partial charge in [-0.2, -0.15) is 0 Å². The van der Waals surface area contributed by atoms with Crippen molar-refractivity contribution < 1.29 is 0 Å². The second-order valence-corrected chi connectivity index (χ2v) is 4.91. The van der Waals surface area contributed by atoms with Gasteiger partial charge in [0.05, 0.1) is 0 Å². The average Bonchev–Trinajstić information content (AvgIpc) is 2.15. The molecule has 88 valence electrons. The van der Waals surface area contributed by atoms with Crippen LogP contribution in [0.5, 0.6) is 0 Å². The predicted molar refractivity (Wildman–Crippen MR) is 65.6 cm³/mol. The van der Waals surface area contributed by atoms with E-state index in [0.717, 1.165) is 43.3 Å². The van der Waals surface area contributed by atoms with E-state index in [1.54, 1.807) is 0 Å². The Kier molecular flexibility index (Phi) is 3.10. The molecule has 2 heterocycles. The molecule has 1 aromatic rings. The van der Waals surface area contributed by atoms with E-state index in [1.165, 1.54) is 0 Å². The largest absolute Gasteiger partial charge is 0.349 e. The van der Waals surface area contributed by atoms with Gasteiger partial charge in [0.15, 0.2) is 0 Å². The van der Waals surface area contributed by atoms with Crippen molar-refractivity contribution in [3.05, 3.63) is 17.5 Å². The molecule has 0 aromatic carbocycles. The highest BCUT2D eigenvalue weighted by molar-refractivity contribution is 5.31. The lowest BCUT2D eigenvalue weighted by atomic mass is 9.91. The topological polar surface area (TPSA) is 49.8 Å². The zero-order valence-corrected chi connectivity index (χ0v) is 10.3. The summed E-state index contributed by atoms with van der Waals surface area (Å²) in [6, 6.07) is 2.00. The third-order valence-electron chi connectivity index (χ3n) is 3.10. The predicted octanol–water partition coefficient (Wildman–Crippen LogP) is 1.65. The number of aromatic nitrogens is 2. The highest BCUT2D eigenvalue weighted by Crippen LogP contribution is 2.21. The van der Waals surface area contributed by atoms with Gasteiger partial charge in [-0.25, -0.2) is 9.97 Å². The van der Waals surface area contributed by atoms with E-state index in [2.05, 4.69) is 27.5 Å². The van der Waals surface area contributed by atoms with Crippen LogP contribution in [0.15, 0.2) is 6.07 Å². The number of piperidine rings is 1. The molecule has 0 aliphatic carbocycles. The molecule has 0 bridgehead atoms. The van der Waals surface area contributed by atoms with E-state index >= 15 is 0 Å². The van der Waals surface area contributed by atoms with Gasteiger partial charge >= 0.3 is 0 Å². The van der Waals surface area contributed by atoms with Crippen LogP contribution < -0.4 is 10.6 Å². The molecule has 2 rings (SSSR count). The maximum absolute atomic E-state index is 4.43. The van der Waals surface area contributed by atoms with Gasteiger partial charge in [0.1, 0.15) is 0 Å². The summed E-state index contributed by atoms with van der Waals surface area (Å²) in [5, 5.41) is 6.84. The van der Waals surface area contributed by atoms with Crippen molar-refractivity contribution in [1.82, 2.24) is 15.3 Å². The first-order valence-electron chi connectivity index (χ1n) is 5.89. The fourth-order valence-electron chi connectivity index (χ4n) is 2.16. The molecule has 16 heavy (non-hydrogen) atoms. The Bertz CT molecular complexity index is 349. The van der Waals surface area contributed by atoms with Crippen LogP contribution in [-0.2, 0) is 0 Å². The quantitative estimate of drug-likeness (QED) is 0.795. The summed E-state index contributed by atoms with van der Waals surface area (Å²) in [4.78, 5) is 8.86. The normalized spacial score (nSPS) is 19.4. The Morgan fingerprint density at radius 3 is 2.31 bits per heavy atom. The summed E-state index contributed by atoms with van der Waals surface area (Å²) in [7, 11) is 0. The lowest BCUT2D eigenvalue weighted by molar-refractivity contribution is 0.363. The summed E-state index contributed by atoms with van der Waals surface area (Å²) in [6.45, 7) is 8.38. The number of nitrogens with one attached hydrogen (secondary N) is 2. The van der Waals surface area contributed by atoms with Crippen LogP contribution in [0.4, 0.5) is 5.95 Å². The Hall–Kier alpha value is -1.16. The Labute approximate surface area is 96.9 Å². The van der Waals surface area contributed by atoms with E-state index in [1.807, 2.05) is 19.9 Å². The number of rotatable bonds is 2. The van der Waals surface area contributed by atoms with E-state index in [0.29, 0.717) is 0 Å². The molecular weight excluding hydrogens is 200 g/mol. The van der Waals surface area contributed by atoms with Gasteiger partial charge in [-0.1, -0.05) is 0 Å². The van der Waals surface area contributed by atoms with Crippen LogP contribution in [0.3, 0.4) is 0 Å². The van der Waals surface area contributed by atoms with E-state index < -0.39 is 0 Å². The first-order valence-corrected chi connectivity index (χ1v) is 5.89. The second kappa shape index (κ2) is 4.37. The highest BCUT2D eigenvalue weighted by Gasteiger charge is 2.27. The van der Waals surface area contributed by atoms with Crippen LogP contribution in [-0.4, -0.2) is 28.6 Å². The van der Waals surface area contributed by atoms with Gasteiger partial charge in [-0.05, 0) is 52.8 Å². The van der Waals surface area contributed by atoms with E-state index in [-0.39, 0.29) is 5.54 Å². The number of aryl methyl sites for hydroxylation is 2. The molecule has 2 N–H and O–H groups in total. The number of nitrogens with zero attached hydrogens (tertiary/aromatic N) is 2. The van der Waals surface area contributed by atoms with Crippen molar-refractivity contribution in [2.45, 2.75) is 39.2 Å². The molecule has 0 unspecified atom stereocenters. The third kappa shape index (κ3) is 2.70. The summed E-state index contributed by atoms with van der Waals surface area (Å²) >= 11 is 0. The standard InChI is InChI=1S/C12H20N4/c1-9-8-10(2)15-11(14-9)16-12(3)4-6-13-7-5-12/h8,13H,4-7H2,1-3H3,(H,14,15,16). The number of hydrogen-bond donors (Lipinski definition) is 2. The maximum Gasteiger partial charge on any atom is 0.223 e. The third-order valence-corrected chi connectivity index (χ3v) is 3.10. The smallest absolute Gasteiger partial charge is 0.223 e. The Balaban J connectivity index is 2.13. The Morgan fingerprint density at radius 2 is 1.75 bits per heavy atom.